The van der Waals surface area contributed by atoms with E-state index in [-0.39, 0.29) is 0 Å². The van der Waals surface area contributed by atoms with E-state index in [0.29, 0.717) is 5.92 Å². The largest absolute Gasteiger partial charge is 0.329 e. The number of pyridine rings is 1. The van der Waals surface area contributed by atoms with Crippen molar-refractivity contribution in [3.63, 3.8) is 0 Å². The van der Waals surface area contributed by atoms with E-state index < -0.39 is 0 Å². The standard InChI is InChI=1S/C12H17N3S2/c1-8-4-10-11(13-5-8)15(12(16)14-10)6-9(2)7-17-3/h4-5,9H,6-7H2,1-3H3,(H,14,16). The number of nitrogens with zero attached hydrogens (tertiary/aromatic N) is 2. The summed E-state index contributed by atoms with van der Waals surface area (Å²) < 4.78 is 2.87. The molecule has 0 radical (unpaired) electrons. The Morgan fingerprint density at radius 3 is 3.06 bits per heavy atom. The average molecular weight is 267 g/mol. The number of aromatic nitrogens is 3. The lowest BCUT2D eigenvalue weighted by atomic mass is 10.2. The number of aromatic amines is 1. The van der Waals surface area contributed by atoms with Gasteiger partial charge in [-0.05, 0) is 48.7 Å². The monoisotopic (exact) mass is 267 g/mol. The smallest absolute Gasteiger partial charge is 0.179 e. The molecule has 17 heavy (non-hydrogen) atoms. The molecule has 0 saturated heterocycles. The fourth-order valence-electron chi connectivity index (χ4n) is 1.97. The highest BCUT2D eigenvalue weighted by Crippen LogP contribution is 2.16. The van der Waals surface area contributed by atoms with Gasteiger partial charge >= 0.3 is 0 Å². The first-order valence-electron chi connectivity index (χ1n) is 5.66. The van der Waals surface area contributed by atoms with Gasteiger partial charge in [0.1, 0.15) is 0 Å². The third kappa shape index (κ3) is 2.72. The van der Waals surface area contributed by atoms with Crippen molar-refractivity contribution in [2.75, 3.05) is 12.0 Å². The first kappa shape index (κ1) is 12.6. The Hall–Kier alpha value is -0.810. The molecule has 2 aromatic rings. The van der Waals surface area contributed by atoms with Crippen molar-refractivity contribution in [1.29, 1.82) is 0 Å². The highest BCUT2D eigenvalue weighted by molar-refractivity contribution is 7.98. The molecule has 0 spiro atoms. The van der Waals surface area contributed by atoms with Gasteiger partial charge in [0.2, 0.25) is 0 Å². The van der Waals surface area contributed by atoms with Crippen molar-refractivity contribution in [2.24, 2.45) is 5.92 Å². The molecule has 0 amide bonds. The molecular formula is C12H17N3S2. The summed E-state index contributed by atoms with van der Waals surface area (Å²) in [7, 11) is 0. The van der Waals surface area contributed by atoms with Crippen LogP contribution in [0, 0.1) is 17.6 Å². The van der Waals surface area contributed by atoms with Crippen LogP contribution in [0.3, 0.4) is 0 Å². The van der Waals surface area contributed by atoms with Crippen LogP contribution in [0.4, 0.5) is 0 Å². The molecule has 0 aromatic carbocycles. The van der Waals surface area contributed by atoms with Crippen LogP contribution >= 0.6 is 24.0 Å². The Morgan fingerprint density at radius 2 is 2.35 bits per heavy atom. The van der Waals surface area contributed by atoms with Crippen molar-refractivity contribution in [2.45, 2.75) is 20.4 Å². The van der Waals surface area contributed by atoms with Crippen molar-refractivity contribution >= 4 is 35.1 Å². The zero-order chi connectivity index (χ0) is 12.4. The number of rotatable bonds is 4. The van der Waals surface area contributed by atoms with E-state index in [0.717, 1.165) is 33.8 Å². The third-order valence-electron chi connectivity index (χ3n) is 2.69. The second-order valence-electron chi connectivity index (χ2n) is 4.49. The zero-order valence-electron chi connectivity index (χ0n) is 10.4. The zero-order valence-corrected chi connectivity index (χ0v) is 12.0. The number of hydrogen-bond acceptors (Lipinski definition) is 3. The summed E-state index contributed by atoms with van der Waals surface area (Å²) in [5, 5.41) is 0. The Balaban J connectivity index is 2.40. The van der Waals surface area contributed by atoms with Crippen molar-refractivity contribution in [1.82, 2.24) is 14.5 Å². The number of nitrogens with one attached hydrogen (secondary N) is 1. The highest BCUT2D eigenvalue weighted by atomic mass is 32.2. The van der Waals surface area contributed by atoms with Crippen LogP contribution in [-0.4, -0.2) is 26.5 Å². The third-order valence-corrected chi connectivity index (χ3v) is 3.92. The summed E-state index contributed by atoms with van der Waals surface area (Å²) in [6.07, 6.45) is 4.02. The molecule has 0 aliphatic rings. The lowest BCUT2D eigenvalue weighted by molar-refractivity contribution is 0.534. The van der Waals surface area contributed by atoms with Crippen LogP contribution in [-0.2, 0) is 6.54 Å². The van der Waals surface area contributed by atoms with Crippen LogP contribution in [0.25, 0.3) is 11.2 Å². The van der Waals surface area contributed by atoms with E-state index in [9.17, 15) is 0 Å². The molecule has 2 heterocycles. The molecule has 0 bridgehead atoms. The predicted octanol–water partition coefficient (Wildman–Crippen LogP) is 3.40. The molecule has 1 unspecified atom stereocenters. The van der Waals surface area contributed by atoms with Crippen LogP contribution in [0.2, 0.25) is 0 Å². The summed E-state index contributed by atoms with van der Waals surface area (Å²) in [6, 6.07) is 2.09. The van der Waals surface area contributed by atoms with E-state index in [1.807, 2.05) is 24.9 Å². The van der Waals surface area contributed by atoms with E-state index in [1.54, 1.807) is 0 Å². The van der Waals surface area contributed by atoms with Gasteiger partial charge < -0.3 is 9.55 Å². The van der Waals surface area contributed by atoms with Crippen molar-refractivity contribution < 1.29 is 0 Å². The number of hydrogen-bond donors (Lipinski definition) is 1. The number of imidazole rings is 1. The maximum Gasteiger partial charge on any atom is 0.179 e. The van der Waals surface area contributed by atoms with E-state index in [1.165, 1.54) is 0 Å². The van der Waals surface area contributed by atoms with E-state index in [4.69, 9.17) is 12.2 Å². The van der Waals surface area contributed by atoms with Crippen LogP contribution in [0.5, 0.6) is 0 Å². The number of H-pyrrole nitrogens is 1. The molecule has 0 aliphatic heterocycles. The second kappa shape index (κ2) is 5.23. The quantitative estimate of drug-likeness (QED) is 0.862. The van der Waals surface area contributed by atoms with Gasteiger partial charge in [-0.25, -0.2) is 4.98 Å². The molecule has 2 rings (SSSR count). The van der Waals surface area contributed by atoms with Crippen LogP contribution < -0.4 is 0 Å². The molecule has 0 fully saturated rings. The van der Waals surface area contributed by atoms with Gasteiger partial charge in [-0.1, -0.05) is 6.92 Å². The van der Waals surface area contributed by atoms with E-state index in [2.05, 4.69) is 33.8 Å². The van der Waals surface area contributed by atoms with Crippen LogP contribution in [0.15, 0.2) is 12.3 Å². The molecule has 2 aromatic heterocycles. The molecule has 3 nitrogen and oxygen atoms in total. The number of fused-ring (bicyclic) bond motifs is 1. The van der Waals surface area contributed by atoms with Gasteiger partial charge in [-0.3, -0.25) is 0 Å². The van der Waals surface area contributed by atoms with Gasteiger partial charge in [0.25, 0.3) is 0 Å². The molecule has 0 saturated carbocycles. The molecule has 1 N–H and O–H groups in total. The maximum absolute atomic E-state index is 5.36. The summed E-state index contributed by atoms with van der Waals surface area (Å²) >= 11 is 7.23. The fraction of sp³-hybridized carbons (Fsp3) is 0.500. The first-order chi connectivity index (χ1) is 8.11. The summed E-state index contributed by atoms with van der Waals surface area (Å²) in [5.74, 6) is 1.74. The van der Waals surface area contributed by atoms with Gasteiger partial charge in [-0.2, -0.15) is 11.8 Å². The average Bonchev–Trinajstić information content (AvgIpc) is 2.55. The Labute approximate surface area is 111 Å². The first-order valence-corrected chi connectivity index (χ1v) is 7.46. The molecular weight excluding hydrogens is 250 g/mol. The Bertz CT molecular complexity index is 571. The predicted molar refractivity (Wildman–Crippen MR) is 77.2 cm³/mol. The normalized spacial score (nSPS) is 13.1. The van der Waals surface area contributed by atoms with Crippen molar-refractivity contribution in [3.8, 4) is 0 Å². The lowest BCUT2D eigenvalue weighted by Crippen LogP contribution is -2.10. The topological polar surface area (TPSA) is 33.6 Å². The Kier molecular flexibility index (Phi) is 3.89. The lowest BCUT2D eigenvalue weighted by Gasteiger charge is -2.10. The SMILES string of the molecule is CSCC(C)Cn1c(=S)[nH]c2cc(C)cnc21. The Morgan fingerprint density at radius 1 is 1.59 bits per heavy atom. The maximum atomic E-state index is 5.36. The van der Waals surface area contributed by atoms with Crippen molar-refractivity contribution in [3.05, 3.63) is 22.6 Å². The van der Waals surface area contributed by atoms with E-state index >= 15 is 0 Å². The summed E-state index contributed by atoms with van der Waals surface area (Å²) in [6.45, 7) is 5.21. The molecule has 92 valence electrons. The van der Waals surface area contributed by atoms with Crippen LogP contribution in [0.1, 0.15) is 12.5 Å². The van der Waals surface area contributed by atoms with Gasteiger partial charge in [0.15, 0.2) is 10.4 Å². The molecule has 0 aliphatic carbocycles. The van der Waals surface area contributed by atoms with Gasteiger partial charge in [-0.15, -0.1) is 0 Å². The summed E-state index contributed by atoms with van der Waals surface area (Å²) in [4.78, 5) is 7.70. The highest BCUT2D eigenvalue weighted by Gasteiger charge is 2.09. The second-order valence-corrected chi connectivity index (χ2v) is 5.78. The summed E-state index contributed by atoms with van der Waals surface area (Å²) in [5.41, 5.74) is 3.15. The van der Waals surface area contributed by atoms with Gasteiger partial charge in [0, 0.05) is 12.7 Å². The minimum atomic E-state index is 0.596. The van der Waals surface area contributed by atoms with Gasteiger partial charge in [0.05, 0.1) is 5.52 Å². The molecule has 5 heteroatoms. The minimum Gasteiger partial charge on any atom is -0.329 e. The minimum absolute atomic E-state index is 0.596. The fourth-order valence-corrected chi connectivity index (χ4v) is 2.91. The number of thioether (sulfide) groups is 1. The molecule has 1 atom stereocenters. The number of aryl methyl sites for hydroxylation is 1.